The van der Waals surface area contributed by atoms with Gasteiger partial charge in [-0.3, -0.25) is 10.1 Å². The second-order valence-corrected chi connectivity index (χ2v) is 4.98. The first-order chi connectivity index (χ1) is 9.61. The number of fused-ring (bicyclic) bond motifs is 1. The topological polar surface area (TPSA) is 69.2 Å². The average molecular weight is 290 g/mol. The third kappa shape index (κ3) is 2.48. The zero-order chi connectivity index (χ0) is 14.1. The second-order valence-electron chi connectivity index (χ2n) is 3.95. The lowest BCUT2D eigenvalue weighted by molar-refractivity contribution is -0.385. The van der Waals surface area contributed by atoms with Crippen molar-refractivity contribution in [3.63, 3.8) is 0 Å². The summed E-state index contributed by atoms with van der Waals surface area (Å²) in [6.07, 6.45) is 0. The lowest BCUT2D eigenvalue weighted by Crippen LogP contribution is -1.89. The number of para-hydroxylation sites is 2. The van der Waals surface area contributed by atoms with Crippen LogP contribution >= 0.6 is 11.8 Å². The number of hydrogen-bond donors (Lipinski definition) is 0. The van der Waals surface area contributed by atoms with Gasteiger partial charge in [0.25, 0.3) is 10.9 Å². The molecule has 7 heteroatoms. The van der Waals surface area contributed by atoms with Gasteiger partial charge in [0, 0.05) is 11.0 Å². The summed E-state index contributed by atoms with van der Waals surface area (Å²) in [5.74, 6) is -0.669. The minimum absolute atomic E-state index is 0.302. The van der Waals surface area contributed by atoms with Gasteiger partial charge in [-0.2, -0.15) is 0 Å². The van der Waals surface area contributed by atoms with Gasteiger partial charge in [-0.25, -0.2) is 9.37 Å². The van der Waals surface area contributed by atoms with Crippen molar-refractivity contribution in [2.24, 2.45) is 0 Å². The molecule has 3 aromatic rings. The van der Waals surface area contributed by atoms with Gasteiger partial charge in [0.1, 0.15) is 11.3 Å². The van der Waals surface area contributed by atoms with Gasteiger partial charge in [0.05, 0.1) is 11.0 Å². The molecule has 0 aliphatic heterocycles. The summed E-state index contributed by atoms with van der Waals surface area (Å²) in [5, 5.41) is 11.0. The highest BCUT2D eigenvalue weighted by Crippen LogP contribution is 2.32. The van der Waals surface area contributed by atoms with Crippen molar-refractivity contribution in [2.45, 2.75) is 10.1 Å². The lowest BCUT2D eigenvalue weighted by atomic mass is 10.3. The zero-order valence-corrected chi connectivity index (χ0v) is 10.8. The van der Waals surface area contributed by atoms with Crippen molar-refractivity contribution in [1.82, 2.24) is 4.98 Å². The molecule has 3 rings (SSSR count). The fourth-order valence-corrected chi connectivity index (χ4v) is 2.54. The Hall–Kier alpha value is -2.41. The Balaban J connectivity index is 1.96. The third-order valence-corrected chi connectivity index (χ3v) is 3.37. The van der Waals surface area contributed by atoms with Gasteiger partial charge in [0.15, 0.2) is 5.58 Å². The molecule has 5 nitrogen and oxygen atoms in total. The van der Waals surface area contributed by atoms with Crippen LogP contribution in [0, 0.1) is 15.9 Å². The number of oxazole rings is 1. The predicted molar refractivity (Wildman–Crippen MR) is 71.2 cm³/mol. The molecule has 0 fully saturated rings. The Kier molecular flexibility index (Phi) is 3.11. The molecular formula is C13H7FN2O3S. The van der Waals surface area contributed by atoms with Crippen molar-refractivity contribution in [1.29, 1.82) is 0 Å². The van der Waals surface area contributed by atoms with Crippen LogP contribution in [0.3, 0.4) is 0 Å². The molecule has 0 saturated carbocycles. The Morgan fingerprint density at radius 3 is 2.80 bits per heavy atom. The average Bonchev–Trinajstić information content (AvgIpc) is 2.79. The number of rotatable bonds is 3. The van der Waals surface area contributed by atoms with Gasteiger partial charge in [-0.05, 0) is 30.0 Å². The first kappa shape index (κ1) is 12.6. The molecule has 0 aliphatic carbocycles. The summed E-state index contributed by atoms with van der Waals surface area (Å²) >= 11 is 1.04. The Bertz CT molecular complexity index is 770. The van der Waals surface area contributed by atoms with E-state index in [0.29, 0.717) is 21.2 Å². The summed E-state index contributed by atoms with van der Waals surface area (Å²) in [6.45, 7) is 0. The molecule has 0 N–H and O–H groups in total. The first-order valence-electron chi connectivity index (χ1n) is 5.60. The highest BCUT2D eigenvalue weighted by molar-refractivity contribution is 7.99. The Morgan fingerprint density at radius 2 is 2.05 bits per heavy atom. The molecule has 0 spiro atoms. The van der Waals surface area contributed by atoms with Gasteiger partial charge in [0.2, 0.25) is 0 Å². The summed E-state index contributed by atoms with van der Waals surface area (Å²) in [4.78, 5) is 14.6. The van der Waals surface area contributed by atoms with E-state index in [1.54, 1.807) is 12.1 Å². The molecule has 0 radical (unpaired) electrons. The van der Waals surface area contributed by atoms with Gasteiger partial charge < -0.3 is 4.42 Å². The van der Waals surface area contributed by atoms with Gasteiger partial charge >= 0.3 is 0 Å². The number of nitro benzene ring substituents is 1. The third-order valence-electron chi connectivity index (χ3n) is 2.55. The van der Waals surface area contributed by atoms with E-state index in [0.717, 1.165) is 17.8 Å². The summed E-state index contributed by atoms with van der Waals surface area (Å²) in [6, 6.07) is 10.5. The number of aromatic nitrogens is 1. The molecule has 1 heterocycles. The van der Waals surface area contributed by atoms with Crippen LogP contribution in [-0.2, 0) is 0 Å². The van der Waals surface area contributed by atoms with Crippen LogP contribution in [0.5, 0.6) is 0 Å². The number of halogens is 1. The van der Waals surface area contributed by atoms with Crippen LogP contribution < -0.4 is 0 Å². The van der Waals surface area contributed by atoms with Crippen molar-refractivity contribution in [2.75, 3.05) is 0 Å². The lowest BCUT2D eigenvalue weighted by Gasteiger charge is -1.98. The summed E-state index contributed by atoms with van der Waals surface area (Å²) < 4.78 is 18.8. The number of nitrogens with zero attached hydrogens (tertiary/aromatic N) is 2. The number of non-ortho nitro benzene ring substituents is 1. The SMILES string of the molecule is O=[N+]([O-])c1cc(F)cc(Sc2nc3ccccc3o2)c1. The zero-order valence-electron chi connectivity index (χ0n) is 9.95. The highest BCUT2D eigenvalue weighted by atomic mass is 32.2. The van der Waals surface area contributed by atoms with E-state index in [1.165, 1.54) is 12.1 Å². The van der Waals surface area contributed by atoms with Gasteiger partial charge in [-0.1, -0.05) is 12.1 Å². The number of benzene rings is 2. The van der Waals surface area contributed by atoms with E-state index in [2.05, 4.69) is 4.98 Å². The first-order valence-corrected chi connectivity index (χ1v) is 6.42. The van der Waals surface area contributed by atoms with E-state index < -0.39 is 10.7 Å². The molecular weight excluding hydrogens is 283 g/mol. The highest BCUT2D eigenvalue weighted by Gasteiger charge is 2.13. The largest absolute Gasteiger partial charge is 0.431 e. The van der Waals surface area contributed by atoms with Crippen LogP contribution in [0.1, 0.15) is 0 Å². The van der Waals surface area contributed by atoms with Crippen molar-refractivity contribution in [3.05, 3.63) is 58.4 Å². The van der Waals surface area contributed by atoms with E-state index in [4.69, 9.17) is 4.42 Å². The maximum absolute atomic E-state index is 13.3. The number of nitro groups is 1. The number of hydrogen-bond acceptors (Lipinski definition) is 5. The minimum Gasteiger partial charge on any atom is -0.431 e. The molecule has 100 valence electrons. The maximum Gasteiger partial charge on any atom is 0.273 e. The molecule has 0 aliphatic rings. The van der Waals surface area contributed by atoms with Gasteiger partial charge in [-0.15, -0.1) is 0 Å². The Morgan fingerprint density at radius 1 is 1.25 bits per heavy atom. The Labute approximate surface area is 116 Å². The van der Waals surface area contributed by atoms with Crippen LogP contribution in [-0.4, -0.2) is 9.91 Å². The smallest absolute Gasteiger partial charge is 0.273 e. The summed E-state index contributed by atoms with van der Waals surface area (Å²) in [7, 11) is 0. The fraction of sp³-hybridized carbons (Fsp3) is 0. The van der Waals surface area contributed by atoms with Crippen LogP contribution in [0.4, 0.5) is 10.1 Å². The molecule has 20 heavy (non-hydrogen) atoms. The van der Waals surface area contributed by atoms with E-state index in [1.807, 2.05) is 12.1 Å². The molecule has 0 atom stereocenters. The standard InChI is InChI=1S/C13H7FN2O3S/c14-8-5-9(16(17)18)7-10(6-8)20-13-15-11-3-1-2-4-12(11)19-13/h1-7H. The van der Waals surface area contributed by atoms with E-state index in [-0.39, 0.29) is 5.69 Å². The monoisotopic (exact) mass is 290 g/mol. The molecule has 1 aromatic heterocycles. The fourth-order valence-electron chi connectivity index (χ4n) is 1.71. The molecule has 0 bridgehead atoms. The maximum atomic E-state index is 13.3. The minimum atomic E-state index is -0.669. The molecule has 0 unspecified atom stereocenters. The van der Waals surface area contributed by atoms with Crippen molar-refractivity contribution < 1.29 is 13.7 Å². The normalized spacial score (nSPS) is 10.8. The predicted octanol–water partition coefficient (Wildman–Crippen LogP) is 4.03. The van der Waals surface area contributed by atoms with E-state index in [9.17, 15) is 14.5 Å². The van der Waals surface area contributed by atoms with E-state index >= 15 is 0 Å². The van der Waals surface area contributed by atoms with Crippen LogP contribution in [0.15, 0.2) is 57.0 Å². The van der Waals surface area contributed by atoms with Crippen LogP contribution in [0.2, 0.25) is 0 Å². The summed E-state index contributed by atoms with van der Waals surface area (Å²) in [5.41, 5.74) is 0.991. The van der Waals surface area contributed by atoms with Crippen molar-refractivity contribution in [3.8, 4) is 0 Å². The molecule has 0 amide bonds. The molecule has 0 saturated heterocycles. The van der Waals surface area contributed by atoms with Crippen LogP contribution in [0.25, 0.3) is 11.1 Å². The second kappa shape index (κ2) is 4.93. The quantitative estimate of drug-likeness (QED) is 0.538. The molecule has 2 aromatic carbocycles. The van der Waals surface area contributed by atoms with Crippen molar-refractivity contribution >= 4 is 28.5 Å².